The van der Waals surface area contributed by atoms with Crippen molar-refractivity contribution in [1.82, 2.24) is 5.32 Å². The lowest BCUT2D eigenvalue weighted by atomic mass is 9.44. The van der Waals surface area contributed by atoms with Crippen molar-refractivity contribution in [1.29, 1.82) is 0 Å². The standard InChI is InChI=1S/C61H93NO15Si2/c1-19-28-46(63)74-60-36-71-45(60)34-44(76-78(21-3,22-4)23-5)59(18)51(60)53(73-54(65)41-29-25-24-26-30-41)61(68)35-43(40(12)47(58(61,16)17)49(52(59)64)70-32-20-2)72-55(66)50(77-79(37(6)7,38(8)9)39(10)11)48(42-31-27-33-69-42)62-56(67)75-57(13,14)15/h20,24-27,29-31,33,37-39,43-45,48-51,53,68H,2,19,21-23,28,32,34-36H2,1,3-18H3,(H,62,67)/t43-,44-,45+,48-,49+,50+,51-,53-,59+,60-,61+/m0/s1. The summed E-state index contributed by atoms with van der Waals surface area (Å²) in [5.74, 6) is -3.84. The summed E-state index contributed by atoms with van der Waals surface area (Å²) >= 11 is 0. The average molecular weight is 1140 g/mol. The molecule has 16 nitrogen and oxygen atoms in total. The topological polar surface area (TPSA) is 205 Å². The number of Topliss-reactive ketones (excluding diaryl/α,β-unsaturated/α-hetero) is 1. The van der Waals surface area contributed by atoms with Crippen LogP contribution in [0.1, 0.15) is 166 Å². The van der Waals surface area contributed by atoms with Crippen molar-refractivity contribution in [3.05, 3.63) is 83.9 Å². The number of carbonyl (C=O) groups is 5. The lowest BCUT2D eigenvalue weighted by Crippen LogP contribution is -2.82. The Morgan fingerprint density at radius 2 is 1.53 bits per heavy atom. The number of ether oxygens (including phenoxy) is 6. The highest BCUT2D eigenvalue weighted by Crippen LogP contribution is 2.65. The fraction of sp³-hybridized carbons (Fsp3) is 0.689. The minimum atomic E-state index is -3.07. The molecule has 2 N–H and O–H groups in total. The molecule has 79 heavy (non-hydrogen) atoms. The van der Waals surface area contributed by atoms with E-state index in [2.05, 4.69) is 74.2 Å². The number of alkyl carbamates (subject to hydrolysis) is 1. The van der Waals surface area contributed by atoms with E-state index in [0.29, 0.717) is 17.6 Å². The molecule has 6 rings (SSSR count). The zero-order valence-electron chi connectivity index (χ0n) is 50.3. The molecule has 2 heterocycles. The van der Waals surface area contributed by atoms with Crippen molar-refractivity contribution in [2.45, 2.75) is 238 Å². The number of amides is 1. The van der Waals surface area contributed by atoms with Crippen LogP contribution in [0.5, 0.6) is 0 Å². The predicted octanol–water partition coefficient (Wildman–Crippen LogP) is 12.1. The van der Waals surface area contributed by atoms with Gasteiger partial charge in [0.1, 0.15) is 47.4 Å². The second-order valence-electron chi connectivity index (χ2n) is 25.2. The normalized spacial score (nSPS) is 28.6. The van der Waals surface area contributed by atoms with Gasteiger partial charge >= 0.3 is 24.0 Å². The number of aliphatic hydroxyl groups is 1. The molecule has 2 saturated carbocycles. The third-order valence-electron chi connectivity index (χ3n) is 18.4. The van der Waals surface area contributed by atoms with Gasteiger partial charge in [-0.1, -0.05) is 107 Å². The quantitative estimate of drug-likeness (QED) is 0.0460. The van der Waals surface area contributed by atoms with Gasteiger partial charge in [0.2, 0.25) is 8.32 Å². The molecule has 2 bridgehead atoms. The first kappa shape index (κ1) is 63.7. The van der Waals surface area contributed by atoms with E-state index >= 15 is 14.4 Å². The first-order valence-corrected chi connectivity index (χ1v) is 33.5. The van der Waals surface area contributed by atoms with E-state index in [9.17, 15) is 14.7 Å². The monoisotopic (exact) mass is 1140 g/mol. The molecule has 440 valence electrons. The number of hydrogen-bond acceptors (Lipinski definition) is 15. The Hall–Kier alpha value is -4.44. The molecule has 11 atom stereocenters. The van der Waals surface area contributed by atoms with Crippen LogP contribution in [0.25, 0.3) is 0 Å². The minimum absolute atomic E-state index is 0.0439. The Morgan fingerprint density at radius 3 is 2.04 bits per heavy atom. The largest absolute Gasteiger partial charge is 0.467 e. The van der Waals surface area contributed by atoms with Gasteiger partial charge in [-0.05, 0) is 111 Å². The number of benzene rings is 1. The summed E-state index contributed by atoms with van der Waals surface area (Å²) < 4.78 is 60.4. The molecular weight excluding hydrogens is 1040 g/mol. The molecule has 1 aliphatic heterocycles. The summed E-state index contributed by atoms with van der Waals surface area (Å²) in [6.45, 7) is 36.6. The smallest absolute Gasteiger partial charge is 0.408 e. The maximum absolute atomic E-state index is 16.9. The van der Waals surface area contributed by atoms with Crippen molar-refractivity contribution < 1.29 is 70.8 Å². The van der Waals surface area contributed by atoms with E-state index in [1.54, 1.807) is 90.9 Å². The number of rotatable bonds is 23. The van der Waals surface area contributed by atoms with Crippen LogP contribution in [0.2, 0.25) is 34.8 Å². The Morgan fingerprint density at radius 1 is 0.911 bits per heavy atom. The van der Waals surface area contributed by atoms with Crippen molar-refractivity contribution in [3.8, 4) is 0 Å². The highest BCUT2D eigenvalue weighted by atomic mass is 28.4. The van der Waals surface area contributed by atoms with E-state index in [4.69, 9.17) is 41.7 Å². The predicted molar refractivity (Wildman–Crippen MR) is 305 cm³/mol. The number of esters is 3. The number of ketones is 1. The molecule has 3 aliphatic carbocycles. The molecule has 0 unspecified atom stereocenters. The zero-order valence-corrected chi connectivity index (χ0v) is 52.3. The van der Waals surface area contributed by atoms with Gasteiger partial charge in [-0.3, -0.25) is 9.59 Å². The van der Waals surface area contributed by atoms with E-state index in [0.717, 1.165) is 18.1 Å². The van der Waals surface area contributed by atoms with Gasteiger partial charge in [0, 0.05) is 24.7 Å². The summed E-state index contributed by atoms with van der Waals surface area (Å²) in [6, 6.07) is 12.6. The van der Waals surface area contributed by atoms with Gasteiger partial charge in [0.25, 0.3) is 0 Å². The molecule has 0 radical (unpaired) electrons. The van der Waals surface area contributed by atoms with Crippen LogP contribution in [0.15, 0.2) is 76.9 Å². The molecule has 1 amide bonds. The number of hydrogen-bond donors (Lipinski definition) is 2. The fourth-order valence-corrected chi connectivity index (χ4v) is 22.4. The molecule has 18 heteroatoms. The van der Waals surface area contributed by atoms with E-state index < -0.39 is 129 Å². The number of fused-ring (bicyclic) bond motifs is 5. The SMILES string of the molecule is C=CCO[C@H]1C(=O)[C@]2(C)[C@@H](O[Si](CC)(CC)CC)C[C@H]3OC[C@@]3(OC(=O)CCC)[C@H]2[C@H](OC(=O)c2ccccc2)[C@]2(O)C[C@H](OC(=O)[C@H](O[Si](C(C)C)(C(C)C)C(C)C)[C@@H](NC(=O)OC(C)(C)C)c3ccco3)C(C)=C1C2(C)C. The third kappa shape index (κ3) is 11.8. The highest BCUT2D eigenvalue weighted by molar-refractivity contribution is 6.77. The molecule has 0 spiro atoms. The Kier molecular flexibility index (Phi) is 19.8. The maximum Gasteiger partial charge on any atom is 0.408 e. The Balaban J connectivity index is 1.68. The van der Waals surface area contributed by atoms with Crippen LogP contribution < -0.4 is 5.32 Å². The zero-order chi connectivity index (χ0) is 58.8. The van der Waals surface area contributed by atoms with Gasteiger partial charge < -0.3 is 52.1 Å². The van der Waals surface area contributed by atoms with Crippen molar-refractivity contribution >= 4 is 46.4 Å². The van der Waals surface area contributed by atoms with Crippen molar-refractivity contribution in [2.75, 3.05) is 13.2 Å². The van der Waals surface area contributed by atoms with E-state index in [1.807, 2.05) is 6.92 Å². The molecular formula is C61H93NO15Si2. The van der Waals surface area contributed by atoms with Crippen LogP contribution >= 0.6 is 0 Å². The van der Waals surface area contributed by atoms with Crippen molar-refractivity contribution in [2.24, 2.45) is 16.7 Å². The highest BCUT2D eigenvalue weighted by Gasteiger charge is 2.79. The van der Waals surface area contributed by atoms with Crippen LogP contribution in [0, 0.1) is 16.7 Å². The average Bonchev–Trinajstić information content (AvgIpc) is 3.54. The van der Waals surface area contributed by atoms with Gasteiger partial charge in [0.05, 0.1) is 42.5 Å². The van der Waals surface area contributed by atoms with Gasteiger partial charge in [-0.15, -0.1) is 6.58 Å². The second-order valence-corrected chi connectivity index (χ2v) is 35.3. The van der Waals surface area contributed by atoms with E-state index in [1.165, 1.54) is 12.3 Å². The minimum Gasteiger partial charge on any atom is -0.467 e. The molecule has 1 saturated heterocycles. The molecule has 2 aromatic rings. The van der Waals surface area contributed by atoms with Crippen LogP contribution in [0.4, 0.5) is 4.79 Å². The second kappa shape index (κ2) is 24.6. The Labute approximate surface area is 472 Å². The first-order chi connectivity index (χ1) is 36.9. The lowest BCUT2D eigenvalue weighted by Gasteiger charge is -2.68. The molecule has 3 fully saturated rings. The number of carbonyl (C=O) groups excluding carboxylic acids is 5. The first-order valence-electron chi connectivity index (χ1n) is 28.8. The third-order valence-corrected chi connectivity index (χ3v) is 29.1. The van der Waals surface area contributed by atoms with E-state index in [-0.39, 0.29) is 54.0 Å². The summed E-state index contributed by atoms with van der Waals surface area (Å²) in [7, 11) is -5.69. The fourth-order valence-electron chi connectivity index (χ4n) is 14.0. The van der Waals surface area contributed by atoms with Crippen molar-refractivity contribution in [3.63, 3.8) is 0 Å². The van der Waals surface area contributed by atoms with Gasteiger partial charge in [-0.2, -0.15) is 0 Å². The summed E-state index contributed by atoms with van der Waals surface area (Å²) in [6.07, 6.45) is -5.36. The molecule has 4 aliphatic rings. The summed E-state index contributed by atoms with van der Waals surface area (Å²) in [5, 5.41) is 17.5. The summed E-state index contributed by atoms with van der Waals surface area (Å²) in [5.41, 5.74) is -7.30. The van der Waals surface area contributed by atoms with Crippen LogP contribution in [0.3, 0.4) is 0 Å². The number of nitrogens with one attached hydrogen (secondary N) is 1. The summed E-state index contributed by atoms with van der Waals surface area (Å²) in [4.78, 5) is 76.0. The Bertz CT molecular complexity index is 2490. The van der Waals surface area contributed by atoms with Gasteiger partial charge in [0.15, 0.2) is 25.8 Å². The molecule has 1 aromatic carbocycles. The molecule has 1 aromatic heterocycles. The van der Waals surface area contributed by atoms with Crippen LogP contribution in [-0.4, -0.2) is 118 Å². The number of furan rings is 1. The van der Waals surface area contributed by atoms with Crippen LogP contribution in [-0.2, 0) is 51.7 Å². The lowest BCUT2D eigenvalue weighted by molar-refractivity contribution is -0.345. The van der Waals surface area contributed by atoms with Gasteiger partial charge in [-0.25, -0.2) is 14.4 Å². The maximum atomic E-state index is 16.9.